The number of ether oxygens (including phenoxy) is 1. The molecule has 0 amide bonds. The summed E-state index contributed by atoms with van der Waals surface area (Å²) in [7, 11) is 0. The number of carboxylic acids is 1. The van der Waals surface area contributed by atoms with Crippen LogP contribution in [0.5, 0.6) is 11.5 Å². The van der Waals surface area contributed by atoms with Crippen LogP contribution in [0.3, 0.4) is 0 Å². The van der Waals surface area contributed by atoms with Gasteiger partial charge >= 0.3 is 12.1 Å². The fourth-order valence-electron chi connectivity index (χ4n) is 2.32. The number of hydrogen-bond donors (Lipinski definition) is 1. The second kappa shape index (κ2) is 6.18. The van der Waals surface area contributed by atoms with Crippen LogP contribution in [0.15, 0.2) is 24.4 Å². The van der Waals surface area contributed by atoms with Gasteiger partial charge in [-0.3, -0.25) is 4.98 Å². The SMILES string of the molecule is O=C(O)c1cc(Cl)c(Oc2cnc(C3CC3)c(C(F)(F)F)c2)cc1F. The molecule has 0 unspecified atom stereocenters. The van der Waals surface area contributed by atoms with E-state index in [0.717, 1.165) is 18.3 Å². The number of carboxylic acid groups (broad SMARTS) is 1. The summed E-state index contributed by atoms with van der Waals surface area (Å²) in [5.41, 5.74) is -1.62. The lowest BCUT2D eigenvalue weighted by molar-refractivity contribution is -0.138. The van der Waals surface area contributed by atoms with Crippen molar-refractivity contribution in [3.63, 3.8) is 0 Å². The van der Waals surface area contributed by atoms with Crippen LogP contribution in [0.4, 0.5) is 17.6 Å². The Morgan fingerprint density at radius 2 is 1.96 bits per heavy atom. The zero-order chi connectivity index (χ0) is 18.4. The second-order valence-corrected chi connectivity index (χ2v) is 5.95. The molecule has 0 spiro atoms. The Hall–Kier alpha value is -2.35. The fraction of sp³-hybridized carbons (Fsp3) is 0.250. The molecule has 25 heavy (non-hydrogen) atoms. The zero-order valence-corrected chi connectivity index (χ0v) is 13.2. The Bertz CT molecular complexity index is 850. The van der Waals surface area contributed by atoms with Crippen LogP contribution in [0.2, 0.25) is 5.02 Å². The molecule has 1 aromatic carbocycles. The van der Waals surface area contributed by atoms with E-state index in [2.05, 4.69) is 4.98 Å². The molecule has 0 atom stereocenters. The molecule has 0 radical (unpaired) electrons. The van der Waals surface area contributed by atoms with Crippen LogP contribution >= 0.6 is 11.6 Å². The number of aromatic nitrogens is 1. The van der Waals surface area contributed by atoms with Gasteiger partial charge in [0.2, 0.25) is 0 Å². The number of hydrogen-bond acceptors (Lipinski definition) is 3. The normalized spacial score (nSPS) is 14.4. The maximum absolute atomic E-state index is 13.7. The van der Waals surface area contributed by atoms with Gasteiger partial charge in [-0.15, -0.1) is 0 Å². The van der Waals surface area contributed by atoms with E-state index in [1.54, 1.807) is 0 Å². The Labute approximate surface area is 144 Å². The molecule has 0 bridgehead atoms. The van der Waals surface area contributed by atoms with Crippen molar-refractivity contribution in [3.8, 4) is 11.5 Å². The van der Waals surface area contributed by atoms with Crippen LogP contribution in [0.25, 0.3) is 0 Å². The average molecular weight is 376 g/mol. The molecular weight excluding hydrogens is 366 g/mol. The first-order valence-corrected chi connectivity index (χ1v) is 7.52. The molecule has 2 aromatic rings. The monoisotopic (exact) mass is 375 g/mol. The van der Waals surface area contributed by atoms with Crippen molar-refractivity contribution in [2.75, 3.05) is 0 Å². The highest BCUT2D eigenvalue weighted by Crippen LogP contribution is 2.46. The maximum atomic E-state index is 13.7. The number of halogens is 5. The van der Waals surface area contributed by atoms with Crippen molar-refractivity contribution in [1.82, 2.24) is 4.98 Å². The molecule has 9 heteroatoms. The summed E-state index contributed by atoms with van der Waals surface area (Å²) in [6.45, 7) is 0. The summed E-state index contributed by atoms with van der Waals surface area (Å²) in [5.74, 6) is -3.45. The molecule has 0 saturated heterocycles. The molecule has 132 valence electrons. The molecule has 0 aliphatic heterocycles. The van der Waals surface area contributed by atoms with Gasteiger partial charge in [0.25, 0.3) is 0 Å². The van der Waals surface area contributed by atoms with Crippen molar-refractivity contribution in [2.24, 2.45) is 0 Å². The third-order valence-electron chi connectivity index (χ3n) is 3.64. The predicted molar refractivity (Wildman–Crippen MR) is 79.7 cm³/mol. The maximum Gasteiger partial charge on any atom is 0.418 e. The summed E-state index contributed by atoms with van der Waals surface area (Å²) >= 11 is 5.82. The number of pyridine rings is 1. The highest BCUT2D eigenvalue weighted by Gasteiger charge is 2.39. The molecule has 1 aliphatic rings. The quantitative estimate of drug-likeness (QED) is 0.740. The Balaban J connectivity index is 1.96. The Morgan fingerprint density at radius 1 is 1.28 bits per heavy atom. The standard InChI is InChI=1S/C16H10ClF4NO3/c17-11-4-9(15(23)24)12(18)5-13(11)25-8-3-10(16(19,20)21)14(22-6-8)7-1-2-7/h3-7H,1-2H2,(H,23,24). The number of nitrogens with zero attached hydrogens (tertiary/aromatic N) is 1. The fourth-order valence-corrected chi connectivity index (χ4v) is 2.52. The molecule has 1 saturated carbocycles. The lowest BCUT2D eigenvalue weighted by atomic mass is 10.1. The molecule has 1 heterocycles. The topological polar surface area (TPSA) is 59.4 Å². The number of rotatable bonds is 4. The molecular formula is C16H10ClF4NO3. The van der Waals surface area contributed by atoms with Gasteiger partial charge in [0.15, 0.2) is 0 Å². The molecule has 3 rings (SSSR count). The number of carbonyl (C=O) groups is 1. The summed E-state index contributed by atoms with van der Waals surface area (Å²) < 4.78 is 58.5. The zero-order valence-electron chi connectivity index (χ0n) is 12.4. The Kier molecular flexibility index (Phi) is 4.32. The van der Waals surface area contributed by atoms with E-state index in [4.69, 9.17) is 21.4 Å². The van der Waals surface area contributed by atoms with Gasteiger partial charge in [0.1, 0.15) is 17.3 Å². The molecule has 1 N–H and O–H groups in total. The first-order chi connectivity index (χ1) is 11.7. The van der Waals surface area contributed by atoms with Crippen LogP contribution < -0.4 is 4.74 Å². The third kappa shape index (κ3) is 3.68. The lowest BCUT2D eigenvalue weighted by Gasteiger charge is -2.14. The van der Waals surface area contributed by atoms with Crippen molar-refractivity contribution in [3.05, 3.63) is 52.1 Å². The van der Waals surface area contributed by atoms with Gasteiger partial charge in [-0.1, -0.05) is 11.6 Å². The lowest BCUT2D eigenvalue weighted by Crippen LogP contribution is -2.10. The summed E-state index contributed by atoms with van der Waals surface area (Å²) in [6.07, 6.45) is -2.22. The summed E-state index contributed by atoms with van der Waals surface area (Å²) in [5, 5.41) is 8.56. The van der Waals surface area contributed by atoms with Crippen LogP contribution in [-0.2, 0) is 6.18 Å². The molecule has 4 nitrogen and oxygen atoms in total. The smallest absolute Gasteiger partial charge is 0.418 e. The number of aromatic carboxylic acids is 1. The first-order valence-electron chi connectivity index (χ1n) is 7.14. The molecule has 1 fully saturated rings. The third-order valence-corrected chi connectivity index (χ3v) is 3.94. The molecule has 1 aromatic heterocycles. The van der Waals surface area contributed by atoms with Gasteiger partial charge in [0.05, 0.1) is 28.0 Å². The van der Waals surface area contributed by atoms with Gasteiger partial charge in [-0.05, 0) is 25.0 Å². The van der Waals surface area contributed by atoms with Crippen molar-refractivity contribution in [1.29, 1.82) is 0 Å². The Morgan fingerprint density at radius 3 is 2.52 bits per heavy atom. The van der Waals surface area contributed by atoms with Gasteiger partial charge in [0, 0.05) is 12.0 Å². The van der Waals surface area contributed by atoms with Crippen LogP contribution in [0.1, 0.15) is 40.4 Å². The number of alkyl halides is 3. The highest BCUT2D eigenvalue weighted by molar-refractivity contribution is 6.32. The van der Waals surface area contributed by atoms with E-state index in [0.29, 0.717) is 18.9 Å². The largest absolute Gasteiger partial charge is 0.478 e. The van der Waals surface area contributed by atoms with E-state index in [1.807, 2.05) is 0 Å². The summed E-state index contributed by atoms with van der Waals surface area (Å²) in [6, 6.07) is 2.30. The van der Waals surface area contributed by atoms with Gasteiger partial charge < -0.3 is 9.84 Å². The van der Waals surface area contributed by atoms with E-state index in [9.17, 15) is 22.4 Å². The van der Waals surface area contributed by atoms with Crippen molar-refractivity contribution in [2.45, 2.75) is 24.9 Å². The van der Waals surface area contributed by atoms with Gasteiger partial charge in [-0.25, -0.2) is 9.18 Å². The minimum atomic E-state index is -4.60. The van der Waals surface area contributed by atoms with Gasteiger partial charge in [-0.2, -0.15) is 13.2 Å². The van der Waals surface area contributed by atoms with Crippen LogP contribution in [0, 0.1) is 5.82 Å². The van der Waals surface area contributed by atoms with E-state index < -0.39 is 29.1 Å². The van der Waals surface area contributed by atoms with E-state index in [1.165, 1.54) is 0 Å². The molecule has 1 aliphatic carbocycles. The van der Waals surface area contributed by atoms with Crippen molar-refractivity contribution >= 4 is 17.6 Å². The predicted octanol–water partition coefficient (Wildman–Crippen LogP) is 5.26. The highest BCUT2D eigenvalue weighted by atomic mass is 35.5. The van der Waals surface area contributed by atoms with E-state index in [-0.39, 0.29) is 28.1 Å². The minimum absolute atomic E-state index is 0.0432. The first kappa shape index (κ1) is 17.5. The average Bonchev–Trinajstić information content (AvgIpc) is 3.34. The van der Waals surface area contributed by atoms with Crippen LogP contribution in [-0.4, -0.2) is 16.1 Å². The minimum Gasteiger partial charge on any atom is -0.478 e. The summed E-state index contributed by atoms with van der Waals surface area (Å²) in [4.78, 5) is 14.7. The van der Waals surface area contributed by atoms with Crippen molar-refractivity contribution < 1.29 is 32.2 Å². The number of benzene rings is 1. The van der Waals surface area contributed by atoms with E-state index >= 15 is 0 Å². The second-order valence-electron chi connectivity index (χ2n) is 5.55.